The van der Waals surface area contributed by atoms with Crippen LogP contribution in [0.15, 0.2) is 23.1 Å². The highest BCUT2D eigenvalue weighted by Crippen LogP contribution is 2.27. The van der Waals surface area contributed by atoms with E-state index in [0.717, 1.165) is 23.8 Å². The number of pyridine rings is 2. The number of carbonyl (C=O) groups excluding carboxylic acids is 1. The summed E-state index contributed by atoms with van der Waals surface area (Å²) in [6, 6.07) is 1.55. The fraction of sp³-hybridized carbons (Fsp3) is 0.167. The molecule has 3 aromatic rings. The van der Waals surface area contributed by atoms with Crippen molar-refractivity contribution >= 4 is 22.5 Å². The summed E-state index contributed by atoms with van der Waals surface area (Å²) in [4.78, 5) is 28.1. The van der Waals surface area contributed by atoms with Crippen molar-refractivity contribution < 1.29 is 18.0 Å². The molecule has 2 heterocycles. The number of aryl methyl sites for hydroxylation is 1. The fourth-order valence-corrected chi connectivity index (χ4v) is 2.80. The number of fused-ring (bicyclic) bond motifs is 1. The Morgan fingerprint density at radius 2 is 1.73 bits per heavy atom. The molecule has 0 aliphatic carbocycles. The summed E-state index contributed by atoms with van der Waals surface area (Å²) >= 11 is 0. The van der Waals surface area contributed by atoms with Gasteiger partial charge in [0.2, 0.25) is 0 Å². The number of rotatable bonds is 2. The second-order valence-electron chi connectivity index (χ2n) is 5.96. The van der Waals surface area contributed by atoms with Gasteiger partial charge in [0.05, 0.1) is 16.5 Å². The lowest BCUT2D eigenvalue weighted by molar-refractivity contribution is 0.101. The van der Waals surface area contributed by atoms with Crippen LogP contribution in [0.3, 0.4) is 0 Å². The van der Waals surface area contributed by atoms with Gasteiger partial charge in [-0.15, -0.1) is 0 Å². The van der Waals surface area contributed by atoms with Crippen LogP contribution < -0.4 is 11.2 Å². The molecule has 0 amide bonds. The SMILES string of the molecule is CC(=O)c1cn(-c2nc(N)c(F)cc2F)c2c(C)c(C)c(F)cc2c1=O. The molecular formula is C18H14F3N3O2. The number of aromatic nitrogens is 2. The number of halogens is 3. The molecule has 2 N–H and O–H groups in total. The first-order valence-electron chi connectivity index (χ1n) is 7.61. The minimum Gasteiger partial charge on any atom is -0.381 e. The summed E-state index contributed by atoms with van der Waals surface area (Å²) in [5.74, 6) is -4.24. The summed E-state index contributed by atoms with van der Waals surface area (Å²) in [6.07, 6.45) is 1.11. The monoisotopic (exact) mass is 361 g/mol. The maximum Gasteiger partial charge on any atom is 0.200 e. The number of Topliss-reactive ketones (excluding diaryl/α,β-unsaturated/α-hetero) is 1. The quantitative estimate of drug-likeness (QED) is 0.711. The lowest BCUT2D eigenvalue weighted by Gasteiger charge is -2.17. The summed E-state index contributed by atoms with van der Waals surface area (Å²) in [5, 5.41) is -0.109. The van der Waals surface area contributed by atoms with Crippen LogP contribution in [0.2, 0.25) is 0 Å². The smallest absolute Gasteiger partial charge is 0.200 e. The molecule has 0 saturated carbocycles. The van der Waals surface area contributed by atoms with Crippen LogP contribution in [-0.4, -0.2) is 15.3 Å². The maximum atomic E-state index is 14.4. The molecule has 0 spiro atoms. The highest BCUT2D eigenvalue weighted by atomic mass is 19.1. The molecule has 26 heavy (non-hydrogen) atoms. The third-order valence-corrected chi connectivity index (χ3v) is 4.34. The van der Waals surface area contributed by atoms with Crippen molar-refractivity contribution in [3.63, 3.8) is 0 Å². The molecule has 8 heteroatoms. The van der Waals surface area contributed by atoms with E-state index in [-0.39, 0.29) is 22.0 Å². The van der Waals surface area contributed by atoms with Crippen LogP contribution in [0.1, 0.15) is 28.4 Å². The first kappa shape index (κ1) is 17.7. The van der Waals surface area contributed by atoms with E-state index in [4.69, 9.17) is 5.73 Å². The highest BCUT2D eigenvalue weighted by Gasteiger charge is 2.21. The van der Waals surface area contributed by atoms with Gasteiger partial charge in [-0.05, 0) is 38.0 Å². The van der Waals surface area contributed by atoms with Crippen molar-refractivity contribution in [1.29, 1.82) is 0 Å². The second-order valence-corrected chi connectivity index (χ2v) is 5.96. The van der Waals surface area contributed by atoms with Crippen molar-refractivity contribution in [2.24, 2.45) is 0 Å². The number of nitrogens with two attached hydrogens (primary N) is 1. The van der Waals surface area contributed by atoms with E-state index in [9.17, 15) is 22.8 Å². The number of ketones is 1. The molecule has 0 radical (unpaired) electrons. The largest absolute Gasteiger partial charge is 0.381 e. The molecule has 3 rings (SSSR count). The fourth-order valence-electron chi connectivity index (χ4n) is 2.80. The van der Waals surface area contributed by atoms with Crippen molar-refractivity contribution in [3.05, 3.63) is 62.7 Å². The Morgan fingerprint density at radius 1 is 1.08 bits per heavy atom. The molecule has 0 atom stereocenters. The van der Waals surface area contributed by atoms with Gasteiger partial charge in [-0.1, -0.05) is 0 Å². The van der Waals surface area contributed by atoms with E-state index >= 15 is 0 Å². The molecule has 5 nitrogen and oxygen atoms in total. The van der Waals surface area contributed by atoms with Crippen LogP contribution >= 0.6 is 0 Å². The summed E-state index contributed by atoms with van der Waals surface area (Å²) in [7, 11) is 0. The minimum atomic E-state index is -1.04. The highest BCUT2D eigenvalue weighted by molar-refractivity contribution is 5.98. The van der Waals surface area contributed by atoms with E-state index < -0.39 is 40.3 Å². The molecule has 134 valence electrons. The zero-order valence-electron chi connectivity index (χ0n) is 14.2. The van der Waals surface area contributed by atoms with Crippen LogP contribution in [0.25, 0.3) is 16.7 Å². The molecule has 2 aromatic heterocycles. The molecule has 0 aliphatic rings. The van der Waals surface area contributed by atoms with E-state index in [1.54, 1.807) is 6.92 Å². The third kappa shape index (κ3) is 2.54. The van der Waals surface area contributed by atoms with Gasteiger partial charge in [-0.25, -0.2) is 18.2 Å². The second kappa shape index (κ2) is 5.98. The van der Waals surface area contributed by atoms with Gasteiger partial charge in [0.25, 0.3) is 0 Å². The van der Waals surface area contributed by atoms with Gasteiger partial charge in [0.1, 0.15) is 5.82 Å². The van der Waals surface area contributed by atoms with Gasteiger partial charge in [0, 0.05) is 12.3 Å². The third-order valence-electron chi connectivity index (χ3n) is 4.34. The molecule has 0 fully saturated rings. The van der Waals surface area contributed by atoms with Gasteiger partial charge in [0.15, 0.2) is 34.5 Å². The van der Waals surface area contributed by atoms with Gasteiger partial charge in [-0.2, -0.15) is 0 Å². The molecule has 0 saturated heterocycles. The average Bonchev–Trinajstić information content (AvgIpc) is 2.57. The number of carbonyl (C=O) groups is 1. The Kier molecular flexibility index (Phi) is 4.06. The standard InChI is InChI=1S/C18H14F3N3O2/c1-7-8(2)15-10(4-12(7)19)16(26)11(9(3)25)6-24(15)18-14(21)5-13(20)17(22)23-18/h4-6H,1-3H3,(H2,22,23). The van der Waals surface area contributed by atoms with Crippen molar-refractivity contribution in [2.75, 3.05) is 5.73 Å². The lowest BCUT2D eigenvalue weighted by atomic mass is 10.0. The number of hydrogen-bond acceptors (Lipinski definition) is 4. The number of nitrogens with zero attached hydrogens (tertiary/aromatic N) is 2. The van der Waals surface area contributed by atoms with E-state index in [2.05, 4.69) is 4.98 Å². The molecule has 0 aliphatic heterocycles. The minimum absolute atomic E-state index is 0.109. The van der Waals surface area contributed by atoms with E-state index in [1.165, 1.54) is 6.92 Å². The van der Waals surface area contributed by atoms with Crippen LogP contribution in [0, 0.1) is 31.3 Å². The van der Waals surface area contributed by atoms with Crippen molar-refractivity contribution in [2.45, 2.75) is 20.8 Å². The number of anilines is 1. The number of benzene rings is 1. The molecule has 1 aromatic carbocycles. The zero-order valence-corrected chi connectivity index (χ0v) is 14.2. The van der Waals surface area contributed by atoms with Crippen molar-refractivity contribution in [3.8, 4) is 5.82 Å². The lowest BCUT2D eigenvalue weighted by Crippen LogP contribution is -2.20. The van der Waals surface area contributed by atoms with Crippen LogP contribution in [0.4, 0.5) is 19.0 Å². The predicted octanol–water partition coefficient (Wildman–Crippen LogP) is 3.20. The molecule has 0 unspecified atom stereocenters. The Bertz CT molecular complexity index is 1150. The van der Waals surface area contributed by atoms with Crippen molar-refractivity contribution in [1.82, 2.24) is 9.55 Å². The Hall–Kier alpha value is -3.16. The first-order valence-corrected chi connectivity index (χ1v) is 7.61. The zero-order chi connectivity index (χ0) is 19.3. The summed E-state index contributed by atoms with van der Waals surface area (Å²) in [5.41, 5.74) is 5.25. The van der Waals surface area contributed by atoms with Gasteiger partial charge in [-0.3, -0.25) is 14.2 Å². The molecule has 0 bridgehead atoms. The van der Waals surface area contributed by atoms with Gasteiger partial charge < -0.3 is 5.73 Å². The first-order chi connectivity index (χ1) is 12.1. The number of hydrogen-bond donors (Lipinski definition) is 1. The summed E-state index contributed by atoms with van der Waals surface area (Å²) < 4.78 is 43.1. The number of nitrogen functional groups attached to an aromatic ring is 1. The van der Waals surface area contributed by atoms with Crippen LogP contribution in [-0.2, 0) is 0 Å². The Balaban J connectivity index is 2.59. The topological polar surface area (TPSA) is 78.0 Å². The summed E-state index contributed by atoms with van der Waals surface area (Å²) in [6.45, 7) is 4.21. The Morgan fingerprint density at radius 3 is 2.35 bits per heavy atom. The van der Waals surface area contributed by atoms with E-state index in [1.807, 2.05) is 0 Å². The normalized spacial score (nSPS) is 11.2. The predicted molar refractivity (Wildman–Crippen MR) is 91.1 cm³/mol. The average molecular weight is 361 g/mol. The van der Waals surface area contributed by atoms with Gasteiger partial charge >= 0.3 is 0 Å². The van der Waals surface area contributed by atoms with E-state index in [0.29, 0.717) is 11.6 Å². The maximum absolute atomic E-state index is 14.4. The Labute approximate surface area is 145 Å². The van der Waals surface area contributed by atoms with Crippen LogP contribution in [0.5, 0.6) is 0 Å². The molecular weight excluding hydrogens is 347 g/mol.